The molecule has 12 heteroatoms. The smallest absolute Gasteiger partial charge is 0.287 e. The van der Waals surface area contributed by atoms with Crippen molar-refractivity contribution in [3.8, 4) is 0 Å². The van der Waals surface area contributed by atoms with Crippen LogP contribution in [0.1, 0.15) is 34.7 Å². The minimum Gasteiger partial charge on any atom is -0.438 e. The van der Waals surface area contributed by atoms with Crippen molar-refractivity contribution in [3.63, 3.8) is 0 Å². The van der Waals surface area contributed by atoms with Gasteiger partial charge in [-0.1, -0.05) is 6.42 Å². The Morgan fingerprint density at radius 3 is 2.44 bits per heavy atom. The second-order valence-electron chi connectivity index (χ2n) is 6.03. The molecule has 1 fully saturated rings. The van der Waals surface area contributed by atoms with E-state index in [-0.39, 0.29) is 21.6 Å². The summed E-state index contributed by atoms with van der Waals surface area (Å²) >= 11 is 0.944. The number of furan rings is 1. The molecule has 1 amide bonds. The van der Waals surface area contributed by atoms with Gasteiger partial charge in [0.15, 0.2) is 5.76 Å². The Balaban J connectivity index is 1.65. The van der Waals surface area contributed by atoms with Gasteiger partial charge in [0.25, 0.3) is 15.9 Å². The number of carbonyl (C=O) groups is 1. The molecule has 0 saturated carbocycles. The Kier molecular flexibility index (Phi) is 5.72. The van der Waals surface area contributed by atoms with Crippen LogP contribution in [0.25, 0.3) is 0 Å². The van der Waals surface area contributed by atoms with Gasteiger partial charge in [-0.3, -0.25) is 4.79 Å². The van der Waals surface area contributed by atoms with Crippen molar-refractivity contribution in [2.45, 2.75) is 35.1 Å². The van der Waals surface area contributed by atoms with Gasteiger partial charge >= 0.3 is 0 Å². The lowest BCUT2D eigenvalue weighted by atomic mass is 10.2. The fourth-order valence-electron chi connectivity index (χ4n) is 2.67. The van der Waals surface area contributed by atoms with Gasteiger partial charge in [-0.2, -0.15) is 4.31 Å². The second kappa shape index (κ2) is 7.72. The Hall–Kier alpha value is -1.73. The molecule has 0 atom stereocenters. The van der Waals surface area contributed by atoms with Gasteiger partial charge in [0.2, 0.25) is 15.1 Å². The van der Waals surface area contributed by atoms with Crippen molar-refractivity contribution in [1.29, 1.82) is 0 Å². The molecule has 2 aromatic heterocycles. The average Bonchev–Trinajstić information content (AvgIpc) is 3.30. The van der Waals surface area contributed by atoms with E-state index in [1.807, 2.05) is 0 Å². The number of sulfonamides is 2. The quantitative estimate of drug-likeness (QED) is 0.699. The first-order valence-corrected chi connectivity index (χ1v) is 12.0. The predicted octanol–water partition coefficient (Wildman–Crippen LogP) is 1.09. The monoisotopic (exact) mass is 433 g/mol. The van der Waals surface area contributed by atoms with Crippen LogP contribution in [0.2, 0.25) is 0 Å². The van der Waals surface area contributed by atoms with Crippen LogP contribution in [-0.2, 0) is 26.6 Å². The molecule has 27 heavy (non-hydrogen) atoms. The third-order valence-corrected chi connectivity index (χ3v) is 8.35. The van der Waals surface area contributed by atoms with E-state index in [9.17, 15) is 21.6 Å². The maximum atomic E-state index is 12.5. The molecule has 0 aliphatic carbocycles. The van der Waals surface area contributed by atoms with E-state index in [1.54, 1.807) is 6.07 Å². The number of rotatable bonds is 6. The standard InChI is InChI=1S/C15H19N3O6S3/c16-26(20,21)14-7-4-11(25-14)10-17-15(19)12-5-6-13(24-12)27(22,23)18-8-2-1-3-9-18/h4-7H,1-3,8-10H2,(H,17,19)(H2,16,20,21). The van der Waals surface area contributed by atoms with E-state index in [0.29, 0.717) is 18.0 Å². The number of hydrogen-bond acceptors (Lipinski definition) is 7. The summed E-state index contributed by atoms with van der Waals surface area (Å²) in [6.45, 7) is 0.943. The minimum absolute atomic E-state index is 0.000316. The molecule has 0 spiro atoms. The molecular formula is C15H19N3O6S3. The number of piperidine rings is 1. The Morgan fingerprint density at radius 2 is 1.81 bits per heavy atom. The van der Waals surface area contributed by atoms with E-state index in [1.165, 1.54) is 22.5 Å². The molecule has 3 heterocycles. The van der Waals surface area contributed by atoms with Crippen LogP contribution in [0.5, 0.6) is 0 Å². The van der Waals surface area contributed by atoms with Gasteiger partial charge in [0, 0.05) is 18.0 Å². The Labute approximate surface area is 161 Å². The van der Waals surface area contributed by atoms with E-state index in [2.05, 4.69) is 5.32 Å². The largest absolute Gasteiger partial charge is 0.438 e. The molecular weight excluding hydrogens is 414 g/mol. The summed E-state index contributed by atoms with van der Waals surface area (Å²) < 4.78 is 54.2. The fraction of sp³-hybridized carbons (Fsp3) is 0.400. The van der Waals surface area contributed by atoms with Crippen LogP contribution in [0.15, 0.2) is 38.0 Å². The van der Waals surface area contributed by atoms with Gasteiger partial charge in [-0.25, -0.2) is 22.0 Å². The molecule has 2 aromatic rings. The van der Waals surface area contributed by atoms with Gasteiger partial charge < -0.3 is 9.73 Å². The first kappa shape index (κ1) is 20.0. The normalized spacial score (nSPS) is 16.3. The fourth-order valence-corrected chi connectivity index (χ4v) is 5.82. The van der Waals surface area contributed by atoms with Crippen LogP contribution in [0.3, 0.4) is 0 Å². The number of hydrogen-bond donors (Lipinski definition) is 2. The van der Waals surface area contributed by atoms with Crippen LogP contribution in [0.4, 0.5) is 0 Å². The van der Waals surface area contributed by atoms with Crippen molar-refractivity contribution < 1.29 is 26.0 Å². The predicted molar refractivity (Wildman–Crippen MR) is 98.2 cm³/mol. The van der Waals surface area contributed by atoms with Gasteiger partial charge in [0.05, 0.1) is 6.54 Å². The summed E-state index contributed by atoms with van der Waals surface area (Å²) in [6.07, 6.45) is 2.59. The van der Waals surface area contributed by atoms with E-state index in [4.69, 9.17) is 9.56 Å². The first-order valence-electron chi connectivity index (χ1n) is 8.17. The number of thiophene rings is 1. The van der Waals surface area contributed by atoms with Crippen molar-refractivity contribution in [1.82, 2.24) is 9.62 Å². The van der Waals surface area contributed by atoms with Gasteiger partial charge in [-0.15, -0.1) is 11.3 Å². The molecule has 3 N–H and O–H groups in total. The molecule has 0 unspecified atom stereocenters. The lowest BCUT2D eigenvalue weighted by molar-refractivity contribution is 0.0918. The summed E-state index contributed by atoms with van der Waals surface area (Å²) in [7, 11) is -7.53. The van der Waals surface area contributed by atoms with E-state index >= 15 is 0 Å². The molecule has 3 rings (SSSR count). The number of carbonyl (C=O) groups excluding carboxylic acids is 1. The maximum Gasteiger partial charge on any atom is 0.287 e. The molecule has 0 bridgehead atoms. The highest BCUT2D eigenvalue weighted by Crippen LogP contribution is 2.23. The summed E-state index contributed by atoms with van der Waals surface area (Å²) in [5.41, 5.74) is 0. The highest BCUT2D eigenvalue weighted by molar-refractivity contribution is 7.91. The van der Waals surface area contributed by atoms with Crippen molar-refractivity contribution >= 4 is 37.3 Å². The summed E-state index contributed by atoms with van der Waals surface area (Å²) in [5.74, 6) is -0.727. The zero-order valence-electron chi connectivity index (χ0n) is 14.3. The van der Waals surface area contributed by atoms with Crippen molar-refractivity contribution in [3.05, 3.63) is 34.9 Å². The topological polar surface area (TPSA) is 140 Å². The zero-order chi connectivity index (χ0) is 19.7. The second-order valence-corrected chi connectivity index (χ2v) is 10.9. The van der Waals surface area contributed by atoms with Crippen LogP contribution in [-0.4, -0.2) is 40.1 Å². The molecule has 148 valence electrons. The van der Waals surface area contributed by atoms with Crippen molar-refractivity contribution in [2.24, 2.45) is 5.14 Å². The highest BCUT2D eigenvalue weighted by atomic mass is 32.2. The third kappa shape index (κ3) is 4.58. The zero-order valence-corrected chi connectivity index (χ0v) is 16.7. The number of nitrogens with two attached hydrogens (primary N) is 1. The SMILES string of the molecule is NS(=O)(=O)c1ccc(CNC(=O)c2ccc(S(=O)(=O)N3CCCCC3)o2)s1. The molecule has 0 aromatic carbocycles. The van der Waals surface area contributed by atoms with Gasteiger partial charge in [-0.05, 0) is 37.1 Å². The lowest BCUT2D eigenvalue weighted by Gasteiger charge is -2.24. The lowest BCUT2D eigenvalue weighted by Crippen LogP contribution is -2.35. The summed E-state index contributed by atoms with van der Waals surface area (Å²) in [4.78, 5) is 12.8. The first-order chi connectivity index (χ1) is 12.7. The Bertz CT molecular complexity index is 1030. The van der Waals surface area contributed by atoms with Gasteiger partial charge in [0.1, 0.15) is 4.21 Å². The molecule has 0 radical (unpaired) electrons. The number of primary sulfonamides is 1. The molecule has 1 saturated heterocycles. The number of amides is 1. The Morgan fingerprint density at radius 1 is 1.11 bits per heavy atom. The number of nitrogens with one attached hydrogen (secondary N) is 1. The minimum atomic E-state index is -3.78. The molecule has 1 aliphatic rings. The maximum absolute atomic E-state index is 12.5. The summed E-state index contributed by atoms with van der Waals surface area (Å²) in [5, 5.41) is 7.34. The molecule has 9 nitrogen and oxygen atoms in total. The van der Waals surface area contributed by atoms with Crippen LogP contribution >= 0.6 is 11.3 Å². The highest BCUT2D eigenvalue weighted by Gasteiger charge is 2.29. The summed E-state index contributed by atoms with van der Waals surface area (Å²) in [6, 6.07) is 5.47. The number of nitrogens with zero attached hydrogens (tertiary/aromatic N) is 1. The average molecular weight is 434 g/mol. The van der Waals surface area contributed by atoms with E-state index in [0.717, 1.165) is 30.6 Å². The van der Waals surface area contributed by atoms with Crippen LogP contribution < -0.4 is 10.5 Å². The molecule has 1 aliphatic heterocycles. The van der Waals surface area contributed by atoms with Crippen LogP contribution in [0, 0.1) is 0 Å². The third-order valence-electron chi connectivity index (χ3n) is 4.05. The van der Waals surface area contributed by atoms with E-state index < -0.39 is 26.0 Å². The van der Waals surface area contributed by atoms with Crippen molar-refractivity contribution in [2.75, 3.05) is 13.1 Å².